The van der Waals surface area contributed by atoms with Crippen molar-refractivity contribution < 1.29 is 14.1 Å². The van der Waals surface area contributed by atoms with Crippen LogP contribution in [-0.4, -0.2) is 47.2 Å². The Labute approximate surface area is 174 Å². The summed E-state index contributed by atoms with van der Waals surface area (Å²) in [4.78, 5) is 19.2. The number of carbonyl (C=O) groups excluding carboxylic acids is 1. The third kappa shape index (κ3) is 3.44. The van der Waals surface area contributed by atoms with Crippen molar-refractivity contribution in [3.8, 4) is 17.1 Å². The van der Waals surface area contributed by atoms with Crippen LogP contribution in [0.25, 0.3) is 11.4 Å². The molecule has 2 N–H and O–H groups in total. The number of nitrogens with one attached hydrogen (secondary N) is 2. The molecule has 8 heteroatoms. The summed E-state index contributed by atoms with van der Waals surface area (Å²) in [6.45, 7) is 1.18. The highest BCUT2D eigenvalue weighted by Crippen LogP contribution is 2.32. The summed E-state index contributed by atoms with van der Waals surface area (Å²) >= 11 is 0. The van der Waals surface area contributed by atoms with Crippen molar-refractivity contribution in [1.82, 2.24) is 25.9 Å². The van der Waals surface area contributed by atoms with Gasteiger partial charge in [-0.25, -0.2) is 10.9 Å². The fourth-order valence-corrected chi connectivity index (χ4v) is 4.02. The molecule has 2 aliphatic heterocycles. The summed E-state index contributed by atoms with van der Waals surface area (Å²) in [5, 5.41) is 4.07. The van der Waals surface area contributed by atoms with Crippen LogP contribution in [0, 0.1) is 0 Å². The van der Waals surface area contributed by atoms with Crippen LogP contribution in [0.4, 0.5) is 0 Å². The smallest absolute Gasteiger partial charge is 0.241 e. The molecule has 0 bridgehead atoms. The molecule has 2 atom stereocenters. The first-order valence-electron chi connectivity index (χ1n) is 10.0. The molecule has 2 unspecified atom stereocenters. The summed E-state index contributed by atoms with van der Waals surface area (Å²) in [7, 11) is 1.66. The number of hydrazine groups is 1. The number of nitrogens with zero attached hydrogens (tertiary/aromatic N) is 3. The third-order valence-electron chi connectivity index (χ3n) is 5.73. The van der Waals surface area contributed by atoms with E-state index in [2.05, 4.69) is 21.0 Å². The van der Waals surface area contributed by atoms with Gasteiger partial charge in [0.1, 0.15) is 11.8 Å². The number of benzene rings is 2. The number of hydrogen-bond acceptors (Lipinski definition) is 7. The Bertz CT molecular complexity index is 1030. The van der Waals surface area contributed by atoms with Crippen LogP contribution in [0.15, 0.2) is 59.1 Å². The standard InChI is InChI=1S/C22H23N5O3/c1-29-19-10-6-5-9-16(19)17-11-18(25-24-17)22(28)27-12-15(13-27)21-23-20(26-30-21)14-7-3-2-4-8-14/h2-10,15,17-18,24-25H,11-13H2,1H3. The number of hydrogen-bond donors (Lipinski definition) is 2. The second-order valence-corrected chi connectivity index (χ2v) is 7.63. The number of methoxy groups -OCH3 is 1. The Hall–Kier alpha value is -3.23. The minimum atomic E-state index is -0.275. The molecule has 8 nitrogen and oxygen atoms in total. The Morgan fingerprint density at radius 2 is 1.87 bits per heavy atom. The Morgan fingerprint density at radius 1 is 1.10 bits per heavy atom. The predicted octanol–water partition coefficient (Wildman–Crippen LogP) is 2.28. The predicted molar refractivity (Wildman–Crippen MR) is 109 cm³/mol. The molecule has 0 spiro atoms. The quantitative estimate of drug-likeness (QED) is 0.673. The molecule has 2 saturated heterocycles. The van der Waals surface area contributed by atoms with Crippen molar-refractivity contribution in [2.45, 2.75) is 24.4 Å². The van der Waals surface area contributed by atoms with Crippen LogP contribution >= 0.6 is 0 Å². The molecule has 0 saturated carbocycles. The maximum atomic E-state index is 12.9. The van der Waals surface area contributed by atoms with Gasteiger partial charge < -0.3 is 14.2 Å². The molecular weight excluding hydrogens is 382 g/mol. The van der Waals surface area contributed by atoms with E-state index in [-0.39, 0.29) is 23.9 Å². The SMILES string of the molecule is COc1ccccc1C1CC(C(=O)N2CC(c3nc(-c4ccccc4)no3)C2)NN1. The number of likely N-dealkylation sites (tertiary alicyclic amines) is 1. The van der Waals surface area contributed by atoms with Gasteiger partial charge in [-0.2, -0.15) is 4.98 Å². The summed E-state index contributed by atoms with van der Waals surface area (Å²) in [5.74, 6) is 2.15. The number of para-hydroxylation sites is 1. The van der Waals surface area contributed by atoms with E-state index in [4.69, 9.17) is 9.26 Å². The highest BCUT2D eigenvalue weighted by Gasteiger charge is 2.41. The van der Waals surface area contributed by atoms with Crippen LogP contribution in [0.2, 0.25) is 0 Å². The van der Waals surface area contributed by atoms with Gasteiger partial charge in [-0.3, -0.25) is 4.79 Å². The van der Waals surface area contributed by atoms with Crippen molar-refractivity contribution in [3.63, 3.8) is 0 Å². The van der Waals surface area contributed by atoms with Gasteiger partial charge in [0.05, 0.1) is 19.1 Å². The zero-order valence-electron chi connectivity index (χ0n) is 16.6. The van der Waals surface area contributed by atoms with Gasteiger partial charge in [0, 0.05) is 24.2 Å². The molecule has 3 heterocycles. The van der Waals surface area contributed by atoms with Gasteiger partial charge in [-0.1, -0.05) is 53.7 Å². The first kappa shape index (κ1) is 18.8. The van der Waals surface area contributed by atoms with Crippen LogP contribution < -0.4 is 15.6 Å². The molecule has 1 amide bonds. The van der Waals surface area contributed by atoms with Gasteiger partial charge in [0.25, 0.3) is 0 Å². The molecule has 154 valence electrons. The number of amides is 1. The average Bonchev–Trinajstić information content (AvgIpc) is 3.43. The largest absolute Gasteiger partial charge is 0.496 e. The minimum absolute atomic E-state index is 0.0246. The van der Waals surface area contributed by atoms with Crippen LogP contribution in [0.1, 0.15) is 29.8 Å². The van der Waals surface area contributed by atoms with E-state index < -0.39 is 0 Å². The van der Waals surface area contributed by atoms with Crippen molar-refractivity contribution in [2.24, 2.45) is 0 Å². The number of aromatic nitrogens is 2. The van der Waals surface area contributed by atoms with Gasteiger partial charge in [0.15, 0.2) is 0 Å². The minimum Gasteiger partial charge on any atom is -0.496 e. The molecule has 2 aromatic carbocycles. The second-order valence-electron chi connectivity index (χ2n) is 7.63. The summed E-state index contributed by atoms with van der Waals surface area (Å²) in [6, 6.07) is 17.3. The van der Waals surface area contributed by atoms with E-state index in [0.29, 0.717) is 31.2 Å². The van der Waals surface area contributed by atoms with Gasteiger partial charge in [0.2, 0.25) is 17.6 Å². The third-order valence-corrected chi connectivity index (χ3v) is 5.73. The topological polar surface area (TPSA) is 92.5 Å². The van der Waals surface area contributed by atoms with Crippen LogP contribution in [-0.2, 0) is 4.79 Å². The lowest BCUT2D eigenvalue weighted by atomic mass is 9.96. The maximum Gasteiger partial charge on any atom is 0.241 e. The molecule has 2 aliphatic rings. The maximum absolute atomic E-state index is 12.9. The monoisotopic (exact) mass is 405 g/mol. The summed E-state index contributed by atoms with van der Waals surface area (Å²) in [6.07, 6.45) is 0.666. The fraction of sp³-hybridized carbons (Fsp3) is 0.318. The molecule has 0 aliphatic carbocycles. The Balaban J connectivity index is 1.18. The molecule has 0 radical (unpaired) electrons. The number of carbonyl (C=O) groups is 1. The first-order valence-corrected chi connectivity index (χ1v) is 10.0. The van der Waals surface area contributed by atoms with Crippen LogP contribution in [0.5, 0.6) is 5.75 Å². The van der Waals surface area contributed by atoms with Crippen LogP contribution in [0.3, 0.4) is 0 Å². The highest BCUT2D eigenvalue weighted by molar-refractivity contribution is 5.83. The molecule has 30 heavy (non-hydrogen) atoms. The van der Waals surface area contributed by atoms with E-state index >= 15 is 0 Å². The second kappa shape index (κ2) is 7.89. The van der Waals surface area contributed by atoms with Gasteiger partial charge in [-0.15, -0.1) is 0 Å². The summed E-state index contributed by atoms with van der Waals surface area (Å²) < 4.78 is 10.9. The van der Waals surface area contributed by atoms with E-state index in [0.717, 1.165) is 16.9 Å². The van der Waals surface area contributed by atoms with Gasteiger partial charge in [-0.05, 0) is 12.5 Å². The zero-order valence-corrected chi connectivity index (χ0v) is 16.6. The normalized spacial score (nSPS) is 21.4. The Kier molecular flexibility index (Phi) is 4.94. The first-order chi connectivity index (χ1) is 14.7. The van der Waals surface area contributed by atoms with Gasteiger partial charge >= 0.3 is 0 Å². The molecule has 3 aromatic rings. The lowest BCUT2D eigenvalue weighted by Gasteiger charge is -2.38. The molecular formula is C22H23N5O3. The van der Waals surface area contributed by atoms with E-state index in [1.165, 1.54) is 0 Å². The fourth-order valence-electron chi connectivity index (χ4n) is 4.02. The van der Waals surface area contributed by atoms with E-state index in [1.807, 2.05) is 59.5 Å². The Morgan fingerprint density at radius 3 is 2.67 bits per heavy atom. The molecule has 1 aromatic heterocycles. The van der Waals surface area contributed by atoms with E-state index in [1.54, 1.807) is 7.11 Å². The number of ether oxygens (including phenoxy) is 1. The average molecular weight is 405 g/mol. The number of rotatable bonds is 5. The summed E-state index contributed by atoms with van der Waals surface area (Å²) in [5.41, 5.74) is 8.33. The zero-order chi connectivity index (χ0) is 20.5. The molecule has 2 fully saturated rings. The van der Waals surface area contributed by atoms with Crippen molar-refractivity contribution >= 4 is 5.91 Å². The van der Waals surface area contributed by atoms with Crippen molar-refractivity contribution in [2.75, 3.05) is 20.2 Å². The lowest BCUT2D eigenvalue weighted by molar-refractivity contribution is -0.138. The lowest BCUT2D eigenvalue weighted by Crippen LogP contribution is -2.54. The van der Waals surface area contributed by atoms with Crippen molar-refractivity contribution in [1.29, 1.82) is 0 Å². The van der Waals surface area contributed by atoms with Crippen molar-refractivity contribution in [3.05, 3.63) is 66.1 Å². The molecule has 5 rings (SSSR count). The highest BCUT2D eigenvalue weighted by atomic mass is 16.5. The van der Waals surface area contributed by atoms with E-state index in [9.17, 15) is 4.79 Å².